The van der Waals surface area contributed by atoms with Gasteiger partial charge in [-0.15, -0.1) is 0 Å². The molecule has 1 aromatic heterocycles. The summed E-state index contributed by atoms with van der Waals surface area (Å²) in [6.07, 6.45) is 20.9. The number of esters is 1. The molecule has 0 saturated heterocycles. The van der Waals surface area contributed by atoms with Crippen molar-refractivity contribution in [2.24, 2.45) is 0 Å². The first-order valence-electron chi connectivity index (χ1n) is 19.6. The Kier molecular flexibility index (Phi) is 22.5. The molecule has 0 aliphatic rings. The number of hydrogen-bond acceptors (Lipinski definition) is 9. The Morgan fingerprint density at radius 3 is 1.82 bits per heavy atom. The molecule has 0 atom stereocenters. The molecule has 10 nitrogen and oxygen atoms in total. The number of carbonyl (C=O) groups excluding carboxylic acids is 3. The molecule has 2 amide bonds. The third-order valence-electron chi connectivity index (χ3n) is 8.96. The zero-order chi connectivity index (χ0) is 41.1. The van der Waals surface area contributed by atoms with Crippen LogP contribution in [-0.4, -0.2) is 83.2 Å². The van der Waals surface area contributed by atoms with Crippen LogP contribution in [0.3, 0.4) is 0 Å². The zero-order valence-corrected chi connectivity index (χ0v) is 35.9. The van der Waals surface area contributed by atoms with E-state index in [9.17, 15) is 14.4 Å². The molecule has 0 saturated carbocycles. The molecule has 0 aliphatic heterocycles. The fourth-order valence-electron chi connectivity index (χ4n) is 5.34. The summed E-state index contributed by atoms with van der Waals surface area (Å²) in [5.41, 5.74) is 6.58. The van der Waals surface area contributed by atoms with Crippen molar-refractivity contribution in [2.45, 2.75) is 46.1 Å². The molecule has 0 unspecified atom stereocenters. The van der Waals surface area contributed by atoms with Crippen LogP contribution in [0.2, 0.25) is 0 Å². The number of pyridine rings is 1. The molecule has 0 bridgehead atoms. The molecule has 1 heterocycles. The molecule has 0 fully saturated rings. The third kappa shape index (κ3) is 19.7. The number of nitrogens with zero attached hydrogens (tertiary/aromatic N) is 3. The van der Waals surface area contributed by atoms with Gasteiger partial charge in [0, 0.05) is 94.6 Å². The lowest BCUT2D eigenvalue weighted by molar-refractivity contribution is -0.697. The van der Waals surface area contributed by atoms with Crippen molar-refractivity contribution in [3.05, 3.63) is 120 Å². The molecule has 0 aliphatic carbocycles. The van der Waals surface area contributed by atoms with Crippen LogP contribution in [0, 0.1) is 0 Å². The Bertz CT molecular complexity index is 1760. The summed E-state index contributed by atoms with van der Waals surface area (Å²) in [6.45, 7) is 8.11. The van der Waals surface area contributed by atoms with E-state index >= 15 is 0 Å². The van der Waals surface area contributed by atoms with Crippen molar-refractivity contribution in [3.63, 3.8) is 0 Å². The molecule has 0 spiro atoms. The predicted molar refractivity (Wildman–Crippen MR) is 242 cm³/mol. The Labute approximate surface area is 348 Å². The van der Waals surface area contributed by atoms with E-state index < -0.39 is 0 Å². The summed E-state index contributed by atoms with van der Waals surface area (Å²) >= 11 is 0. The maximum absolute atomic E-state index is 12.3. The van der Waals surface area contributed by atoms with Crippen LogP contribution in [0.15, 0.2) is 103 Å². The van der Waals surface area contributed by atoms with E-state index in [1.54, 1.807) is 21.6 Å². The first kappa shape index (κ1) is 46.4. The summed E-state index contributed by atoms with van der Waals surface area (Å²) < 4.78 is 6.82. The van der Waals surface area contributed by atoms with E-state index in [0.717, 1.165) is 71.9 Å². The number of aromatic nitrogens is 1. The first-order valence-corrected chi connectivity index (χ1v) is 22.1. The average Bonchev–Trinajstić information content (AvgIpc) is 3.23. The summed E-state index contributed by atoms with van der Waals surface area (Å²) in [6, 6.07) is 20.6. The highest BCUT2D eigenvalue weighted by molar-refractivity contribution is 8.76. The van der Waals surface area contributed by atoms with Gasteiger partial charge in [-0.3, -0.25) is 14.4 Å². The van der Waals surface area contributed by atoms with Gasteiger partial charge in [0.15, 0.2) is 12.4 Å². The number of allylic oxidation sites excluding steroid dienone is 4. The second-order valence-corrected chi connectivity index (χ2v) is 16.0. The fraction of sp³-hybridized carbons (Fsp3) is 0.378. The van der Waals surface area contributed by atoms with Crippen LogP contribution < -0.4 is 30.3 Å². The van der Waals surface area contributed by atoms with Crippen molar-refractivity contribution in [2.75, 3.05) is 75.2 Å². The first-order chi connectivity index (χ1) is 27.7. The third-order valence-corrected chi connectivity index (χ3v) is 11.4. The van der Waals surface area contributed by atoms with Crippen LogP contribution in [0.25, 0.3) is 18.2 Å². The SMILES string of the molecule is C/C=C(\C=C/NCCCC(=O)NCCSSCCNC(=O)CCC[n+]1ccc(/C=C/c2ccc(N(C)CC(=O)OC)cc2)cc1)/C=C/c1ccc(N(C)CC)cc1. The summed E-state index contributed by atoms with van der Waals surface area (Å²) in [5.74, 6) is 1.50. The molecular formula is C45H61N6O4S2+. The van der Waals surface area contributed by atoms with Crippen LogP contribution in [0.5, 0.6) is 0 Å². The van der Waals surface area contributed by atoms with Gasteiger partial charge in [-0.05, 0) is 79.1 Å². The van der Waals surface area contributed by atoms with Crippen molar-refractivity contribution in [1.82, 2.24) is 16.0 Å². The van der Waals surface area contributed by atoms with Gasteiger partial charge >= 0.3 is 5.97 Å². The minimum absolute atomic E-state index is 0.0666. The highest BCUT2D eigenvalue weighted by atomic mass is 33.1. The van der Waals surface area contributed by atoms with Gasteiger partial charge in [-0.1, -0.05) is 76.2 Å². The van der Waals surface area contributed by atoms with E-state index in [1.807, 2.05) is 67.8 Å². The molecule has 3 N–H and O–H groups in total. The van der Waals surface area contributed by atoms with Crippen LogP contribution in [0.1, 0.15) is 56.2 Å². The highest BCUT2D eigenvalue weighted by Crippen LogP contribution is 2.19. The number of nitrogens with one attached hydrogen (secondary N) is 3. The van der Waals surface area contributed by atoms with Gasteiger partial charge in [-0.25, -0.2) is 4.57 Å². The number of aryl methyl sites for hydroxylation is 1. The molecule has 0 radical (unpaired) electrons. The standard InChI is InChI=1S/C45H60N6O4S2/c1-6-37(12-13-38-16-20-41(21-17-38)49(3)7-2)24-28-46-27-8-10-43(52)47-29-34-56-57-35-30-48-44(53)11-9-31-51-32-25-40(26-33-51)15-14-39-18-22-42(23-19-39)50(4)36-45(54)55-5/h6,12-26,28,32-33,46H,7-11,27,29-31,34-36H2,1-5H3,(H-,47,48,52,53)/p+1/b13-12+,28-24-,37-6-. The lowest BCUT2D eigenvalue weighted by Crippen LogP contribution is -2.34. The minimum Gasteiger partial charge on any atom is -0.468 e. The number of rotatable bonds is 26. The quantitative estimate of drug-likeness (QED) is 0.0256. The average molecular weight is 814 g/mol. The van der Waals surface area contributed by atoms with Gasteiger partial charge in [0.05, 0.1) is 7.11 Å². The number of likely N-dealkylation sites (N-methyl/N-ethyl adjacent to an activating group) is 1. The van der Waals surface area contributed by atoms with E-state index in [4.69, 9.17) is 4.74 Å². The van der Waals surface area contributed by atoms with Crippen LogP contribution in [0.4, 0.5) is 11.4 Å². The zero-order valence-electron chi connectivity index (χ0n) is 34.2. The smallest absolute Gasteiger partial charge is 0.325 e. The van der Waals surface area contributed by atoms with Gasteiger partial charge in [0.1, 0.15) is 13.1 Å². The minimum atomic E-state index is -0.273. The van der Waals surface area contributed by atoms with Crippen molar-refractivity contribution < 1.29 is 23.7 Å². The van der Waals surface area contributed by atoms with Gasteiger partial charge in [0.25, 0.3) is 0 Å². The summed E-state index contributed by atoms with van der Waals surface area (Å²) in [7, 11) is 8.75. The lowest BCUT2D eigenvalue weighted by Gasteiger charge is -2.17. The molecule has 57 heavy (non-hydrogen) atoms. The summed E-state index contributed by atoms with van der Waals surface area (Å²) in [4.78, 5) is 40.1. The lowest BCUT2D eigenvalue weighted by atomic mass is 10.1. The Morgan fingerprint density at radius 2 is 1.26 bits per heavy atom. The molecule has 3 rings (SSSR count). The highest BCUT2D eigenvalue weighted by Gasteiger charge is 2.08. The topological polar surface area (TPSA) is 107 Å². The summed E-state index contributed by atoms with van der Waals surface area (Å²) in [5, 5.41) is 9.27. The van der Waals surface area contributed by atoms with Crippen molar-refractivity contribution in [3.8, 4) is 0 Å². The molecule has 2 aromatic carbocycles. The second kappa shape index (κ2) is 27.6. The second-order valence-electron chi connectivity index (χ2n) is 13.3. The van der Waals surface area contributed by atoms with Gasteiger partial charge in [0.2, 0.25) is 11.8 Å². The molecule has 3 aromatic rings. The van der Waals surface area contributed by atoms with E-state index in [-0.39, 0.29) is 24.3 Å². The normalized spacial score (nSPS) is 11.6. The number of hydrogen-bond donors (Lipinski definition) is 3. The number of ether oxygens (including phenoxy) is 1. The van der Waals surface area contributed by atoms with E-state index in [2.05, 4.69) is 106 Å². The maximum atomic E-state index is 12.3. The Balaban J connectivity index is 1.15. The Morgan fingerprint density at radius 1 is 0.719 bits per heavy atom. The number of amides is 2. The van der Waals surface area contributed by atoms with Gasteiger partial charge in [-0.2, -0.15) is 0 Å². The van der Waals surface area contributed by atoms with Crippen LogP contribution >= 0.6 is 21.6 Å². The number of carbonyl (C=O) groups is 3. The number of methoxy groups -OCH3 is 1. The monoisotopic (exact) mass is 813 g/mol. The van der Waals surface area contributed by atoms with Gasteiger partial charge < -0.3 is 30.5 Å². The predicted octanol–water partition coefficient (Wildman–Crippen LogP) is 7.15. The molecule has 12 heteroatoms. The van der Waals surface area contributed by atoms with Crippen molar-refractivity contribution in [1.29, 1.82) is 0 Å². The van der Waals surface area contributed by atoms with Crippen LogP contribution in [-0.2, 0) is 25.7 Å². The van der Waals surface area contributed by atoms with E-state index in [0.29, 0.717) is 25.9 Å². The maximum Gasteiger partial charge on any atom is 0.325 e. The fourth-order valence-corrected chi connectivity index (χ4v) is 7.16. The molecule has 306 valence electrons. The number of benzene rings is 2. The Hall–Kier alpha value is -4.94. The largest absolute Gasteiger partial charge is 0.468 e. The van der Waals surface area contributed by atoms with Crippen molar-refractivity contribution >= 4 is 69.0 Å². The number of anilines is 2. The molecular weight excluding hydrogens is 753 g/mol. The van der Waals surface area contributed by atoms with E-state index in [1.165, 1.54) is 12.8 Å².